The zero-order chi connectivity index (χ0) is 20.8. The van der Waals surface area contributed by atoms with Crippen molar-refractivity contribution in [3.8, 4) is 5.75 Å². The topological polar surface area (TPSA) is 73.9 Å². The van der Waals surface area contributed by atoms with Crippen molar-refractivity contribution >= 4 is 40.4 Å². The smallest absolute Gasteiger partial charge is 0.313 e. The van der Waals surface area contributed by atoms with Crippen molar-refractivity contribution in [2.45, 2.75) is 6.04 Å². The van der Waals surface area contributed by atoms with E-state index in [4.69, 9.17) is 16.3 Å². The number of nitrogens with zero attached hydrogens (tertiary/aromatic N) is 2. The van der Waals surface area contributed by atoms with Crippen molar-refractivity contribution in [2.24, 2.45) is 0 Å². The third-order valence-corrected chi connectivity index (χ3v) is 5.92. The fourth-order valence-corrected chi connectivity index (χ4v) is 4.16. The fraction of sp³-hybridized carbons (Fsp3) is 0.400. The summed E-state index contributed by atoms with van der Waals surface area (Å²) in [6.45, 7) is 4.14. The van der Waals surface area contributed by atoms with Gasteiger partial charge in [-0.05, 0) is 47.6 Å². The molecule has 0 bridgehead atoms. The largest absolute Gasteiger partial charge is 0.495 e. The molecule has 0 radical (unpaired) electrons. The third kappa shape index (κ3) is 5.70. The van der Waals surface area contributed by atoms with E-state index in [1.165, 1.54) is 7.11 Å². The fourth-order valence-electron chi connectivity index (χ4n) is 3.28. The summed E-state index contributed by atoms with van der Waals surface area (Å²) in [5, 5.41) is 9.90. The molecule has 0 saturated carbocycles. The summed E-state index contributed by atoms with van der Waals surface area (Å²) in [4.78, 5) is 29.4. The molecular formula is C20H25ClN4O3S. The SMILES string of the molecule is COc1ccc(Cl)cc1NC(=O)C(=O)NC[C@@H](c1ccsc1)N1CCN(C)CC1. The van der Waals surface area contributed by atoms with Gasteiger partial charge >= 0.3 is 11.8 Å². The molecule has 2 heterocycles. The van der Waals surface area contributed by atoms with E-state index in [1.807, 2.05) is 5.38 Å². The van der Waals surface area contributed by atoms with Crippen LogP contribution in [0.2, 0.25) is 5.02 Å². The second-order valence-corrected chi connectivity index (χ2v) is 8.14. The van der Waals surface area contributed by atoms with Crippen molar-refractivity contribution in [1.82, 2.24) is 15.1 Å². The number of halogens is 1. The Bertz CT molecular complexity index is 838. The molecule has 2 amide bonds. The molecule has 1 saturated heterocycles. The van der Waals surface area contributed by atoms with E-state index >= 15 is 0 Å². The molecule has 2 N–H and O–H groups in total. The molecular weight excluding hydrogens is 412 g/mol. The van der Waals surface area contributed by atoms with Gasteiger partial charge in [0.1, 0.15) is 5.75 Å². The standard InChI is InChI=1S/C20H25ClN4O3S/c1-24-6-8-25(9-7-24)17(14-5-10-29-13-14)12-22-19(26)20(27)23-16-11-15(21)3-4-18(16)28-2/h3-5,10-11,13,17H,6-9,12H2,1-2H3,(H,22,26)(H,23,27)/t17-/m0/s1. The van der Waals surface area contributed by atoms with Crippen LogP contribution in [-0.2, 0) is 9.59 Å². The van der Waals surface area contributed by atoms with Crippen molar-refractivity contribution < 1.29 is 14.3 Å². The summed E-state index contributed by atoms with van der Waals surface area (Å²) < 4.78 is 5.20. The maximum absolute atomic E-state index is 12.4. The summed E-state index contributed by atoms with van der Waals surface area (Å²) in [5.41, 5.74) is 1.50. The number of hydrogen-bond donors (Lipinski definition) is 2. The number of likely N-dealkylation sites (N-methyl/N-ethyl adjacent to an activating group) is 1. The number of ether oxygens (including phenoxy) is 1. The van der Waals surface area contributed by atoms with Crippen LogP contribution in [0.3, 0.4) is 0 Å². The first-order chi connectivity index (χ1) is 14.0. The van der Waals surface area contributed by atoms with Crippen LogP contribution < -0.4 is 15.4 Å². The first kappa shape index (κ1) is 21.6. The first-order valence-corrected chi connectivity index (χ1v) is 10.7. The molecule has 1 fully saturated rings. The number of piperazine rings is 1. The molecule has 1 aromatic heterocycles. The van der Waals surface area contributed by atoms with E-state index in [1.54, 1.807) is 29.5 Å². The summed E-state index contributed by atoms with van der Waals surface area (Å²) >= 11 is 7.60. The zero-order valence-electron chi connectivity index (χ0n) is 16.5. The van der Waals surface area contributed by atoms with Gasteiger partial charge in [0.2, 0.25) is 0 Å². The highest BCUT2D eigenvalue weighted by molar-refractivity contribution is 7.08. The lowest BCUT2D eigenvalue weighted by molar-refractivity contribution is -0.136. The summed E-state index contributed by atoms with van der Waals surface area (Å²) in [7, 11) is 3.59. The van der Waals surface area contributed by atoms with Crippen LogP contribution in [0.4, 0.5) is 5.69 Å². The van der Waals surface area contributed by atoms with E-state index in [2.05, 4.69) is 38.9 Å². The van der Waals surface area contributed by atoms with E-state index in [0.717, 1.165) is 31.7 Å². The Kier molecular flexibility index (Phi) is 7.49. The number of carbonyl (C=O) groups excluding carboxylic acids is 2. The molecule has 2 aromatic rings. The number of benzene rings is 1. The molecule has 1 aliphatic rings. The first-order valence-electron chi connectivity index (χ1n) is 9.35. The number of thiophene rings is 1. The van der Waals surface area contributed by atoms with Crippen LogP contribution in [0, 0.1) is 0 Å². The summed E-state index contributed by atoms with van der Waals surface area (Å²) in [5.74, 6) is -1.02. The Morgan fingerprint density at radius 1 is 1.21 bits per heavy atom. The van der Waals surface area contributed by atoms with Gasteiger partial charge in [-0.3, -0.25) is 14.5 Å². The van der Waals surface area contributed by atoms with Gasteiger partial charge < -0.3 is 20.3 Å². The molecule has 3 rings (SSSR count). The summed E-state index contributed by atoms with van der Waals surface area (Å²) in [6.07, 6.45) is 0. The van der Waals surface area contributed by atoms with Crippen LogP contribution >= 0.6 is 22.9 Å². The van der Waals surface area contributed by atoms with Crippen molar-refractivity contribution in [2.75, 3.05) is 52.2 Å². The van der Waals surface area contributed by atoms with Crippen LogP contribution in [0.15, 0.2) is 35.0 Å². The van der Waals surface area contributed by atoms with E-state index in [9.17, 15) is 9.59 Å². The quantitative estimate of drug-likeness (QED) is 0.680. The highest BCUT2D eigenvalue weighted by Crippen LogP contribution is 2.27. The maximum atomic E-state index is 12.4. The number of nitrogens with one attached hydrogen (secondary N) is 2. The van der Waals surface area contributed by atoms with Gasteiger partial charge in [-0.2, -0.15) is 11.3 Å². The molecule has 1 aromatic carbocycles. The van der Waals surface area contributed by atoms with Crippen LogP contribution in [0.1, 0.15) is 11.6 Å². The number of rotatable bonds is 6. The second-order valence-electron chi connectivity index (χ2n) is 6.92. The minimum atomic E-state index is -0.756. The molecule has 0 unspecified atom stereocenters. The van der Waals surface area contributed by atoms with Crippen molar-refractivity contribution in [3.05, 3.63) is 45.6 Å². The Labute approximate surface area is 179 Å². The Balaban J connectivity index is 1.62. The molecule has 29 heavy (non-hydrogen) atoms. The van der Waals surface area contributed by atoms with Gasteiger partial charge in [0.05, 0.1) is 18.8 Å². The van der Waals surface area contributed by atoms with Gasteiger partial charge in [-0.1, -0.05) is 11.6 Å². The third-order valence-electron chi connectivity index (χ3n) is 4.98. The maximum Gasteiger partial charge on any atom is 0.313 e. The van der Waals surface area contributed by atoms with Gasteiger partial charge in [-0.25, -0.2) is 0 Å². The Morgan fingerprint density at radius 2 is 1.97 bits per heavy atom. The highest BCUT2D eigenvalue weighted by atomic mass is 35.5. The lowest BCUT2D eigenvalue weighted by Gasteiger charge is -2.37. The van der Waals surface area contributed by atoms with Crippen LogP contribution in [-0.4, -0.2) is 68.5 Å². The molecule has 1 atom stereocenters. The number of hydrogen-bond acceptors (Lipinski definition) is 6. The minimum Gasteiger partial charge on any atom is -0.495 e. The molecule has 0 aliphatic carbocycles. The normalized spacial score (nSPS) is 16.2. The average Bonchev–Trinajstić information content (AvgIpc) is 3.24. The second kappa shape index (κ2) is 10.1. The van der Waals surface area contributed by atoms with E-state index in [0.29, 0.717) is 23.0 Å². The molecule has 156 valence electrons. The van der Waals surface area contributed by atoms with Gasteiger partial charge in [0, 0.05) is 37.7 Å². The Morgan fingerprint density at radius 3 is 2.62 bits per heavy atom. The number of carbonyl (C=O) groups is 2. The zero-order valence-corrected chi connectivity index (χ0v) is 18.1. The molecule has 1 aliphatic heterocycles. The lowest BCUT2D eigenvalue weighted by Crippen LogP contribution is -2.49. The van der Waals surface area contributed by atoms with Crippen molar-refractivity contribution in [1.29, 1.82) is 0 Å². The minimum absolute atomic E-state index is 0.0346. The van der Waals surface area contributed by atoms with E-state index in [-0.39, 0.29) is 6.04 Å². The predicted octanol–water partition coefficient (Wildman–Crippen LogP) is 2.45. The highest BCUT2D eigenvalue weighted by Gasteiger charge is 2.26. The number of methoxy groups -OCH3 is 1. The molecule has 0 spiro atoms. The molecule has 7 nitrogen and oxygen atoms in total. The lowest BCUT2D eigenvalue weighted by atomic mass is 10.1. The monoisotopic (exact) mass is 436 g/mol. The Hall–Kier alpha value is -2.13. The number of amides is 2. The van der Waals surface area contributed by atoms with E-state index < -0.39 is 11.8 Å². The van der Waals surface area contributed by atoms with Crippen LogP contribution in [0.25, 0.3) is 0 Å². The van der Waals surface area contributed by atoms with Crippen LogP contribution in [0.5, 0.6) is 5.75 Å². The van der Waals surface area contributed by atoms with Crippen molar-refractivity contribution in [3.63, 3.8) is 0 Å². The number of anilines is 1. The van der Waals surface area contributed by atoms with Gasteiger partial charge in [-0.15, -0.1) is 0 Å². The van der Waals surface area contributed by atoms with Gasteiger partial charge in [0.25, 0.3) is 0 Å². The average molecular weight is 437 g/mol. The summed E-state index contributed by atoms with van der Waals surface area (Å²) in [6, 6.07) is 6.93. The predicted molar refractivity (Wildman–Crippen MR) is 116 cm³/mol. The molecule has 9 heteroatoms. The van der Waals surface area contributed by atoms with Gasteiger partial charge in [0.15, 0.2) is 0 Å².